The van der Waals surface area contributed by atoms with Gasteiger partial charge in [-0.3, -0.25) is 9.79 Å². The first-order chi connectivity index (χ1) is 15.3. The molecule has 0 spiro atoms. The summed E-state index contributed by atoms with van der Waals surface area (Å²) in [6, 6.07) is 7.71. The van der Waals surface area contributed by atoms with E-state index in [2.05, 4.69) is 20.5 Å². The van der Waals surface area contributed by atoms with E-state index in [-0.39, 0.29) is 11.4 Å². The molecule has 0 bridgehead atoms. The van der Waals surface area contributed by atoms with E-state index in [9.17, 15) is 22.4 Å². The van der Waals surface area contributed by atoms with E-state index in [4.69, 9.17) is 0 Å². The summed E-state index contributed by atoms with van der Waals surface area (Å²) in [6.45, 7) is 3.06. The molecule has 1 unspecified atom stereocenters. The Labute approximate surface area is 183 Å². The maximum Gasteiger partial charge on any atom is 0.418 e. The van der Waals surface area contributed by atoms with Crippen LogP contribution in [-0.4, -0.2) is 43.2 Å². The molecule has 1 fully saturated rings. The number of likely N-dealkylation sites (tertiary alicyclic amines) is 1. The number of fused-ring (bicyclic) bond motifs is 1. The third kappa shape index (κ3) is 5.09. The molecule has 2 aromatic rings. The fourth-order valence-corrected chi connectivity index (χ4v) is 4.10. The van der Waals surface area contributed by atoms with Crippen LogP contribution in [0.3, 0.4) is 0 Å². The Bertz CT molecular complexity index is 1020. The molecule has 1 atom stereocenters. The Kier molecular flexibility index (Phi) is 6.45. The van der Waals surface area contributed by atoms with Crippen molar-refractivity contribution in [3.63, 3.8) is 0 Å². The second-order valence-corrected chi connectivity index (χ2v) is 8.03. The molecule has 4 rings (SSSR count). The highest BCUT2D eigenvalue weighted by Gasteiger charge is 2.34. The van der Waals surface area contributed by atoms with E-state index in [1.54, 1.807) is 0 Å². The third-order valence-corrected chi connectivity index (χ3v) is 5.76. The molecule has 0 saturated carbocycles. The zero-order chi connectivity index (χ0) is 22.7. The van der Waals surface area contributed by atoms with Crippen LogP contribution in [0.1, 0.15) is 36.3 Å². The molecule has 2 N–H and O–H groups in total. The zero-order valence-electron chi connectivity index (χ0n) is 17.4. The molecule has 2 aliphatic rings. The first kappa shape index (κ1) is 22.3. The van der Waals surface area contributed by atoms with Gasteiger partial charge in [0.2, 0.25) is 5.91 Å². The Balaban J connectivity index is 1.48. The number of halogens is 4. The lowest BCUT2D eigenvalue weighted by molar-refractivity contribution is -0.137. The van der Waals surface area contributed by atoms with Crippen LogP contribution >= 0.6 is 0 Å². The number of hydrogen-bond donors (Lipinski definition) is 2. The fraction of sp³-hybridized carbons (Fsp3) is 0.391. The summed E-state index contributed by atoms with van der Waals surface area (Å²) < 4.78 is 54.3. The molecule has 1 amide bonds. The van der Waals surface area contributed by atoms with Gasteiger partial charge < -0.3 is 15.5 Å². The van der Waals surface area contributed by atoms with Gasteiger partial charge in [-0.1, -0.05) is 12.5 Å². The average Bonchev–Trinajstić information content (AvgIpc) is 3.06. The summed E-state index contributed by atoms with van der Waals surface area (Å²) in [5.41, 5.74) is 0.169. The van der Waals surface area contributed by atoms with Gasteiger partial charge >= 0.3 is 6.18 Å². The predicted molar refractivity (Wildman–Crippen MR) is 116 cm³/mol. The number of piperidine rings is 1. The molecule has 9 heteroatoms. The maximum atomic E-state index is 13.6. The summed E-state index contributed by atoms with van der Waals surface area (Å²) >= 11 is 0. The number of nitrogens with zero attached hydrogens (tertiary/aromatic N) is 2. The summed E-state index contributed by atoms with van der Waals surface area (Å²) in [5.74, 6) is -1.68. The van der Waals surface area contributed by atoms with Gasteiger partial charge in [0.25, 0.3) is 0 Å². The normalized spacial score (nSPS) is 19.2. The molecule has 0 aromatic heterocycles. The van der Waals surface area contributed by atoms with Crippen LogP contribution in [0.2, 0.25) is 0 Å². The predicted octanol–water partition coefficient (Wildman–Crippen LogP) is 5.18. The third-order valence-electron chi connectivity index (χ3n) is 5.76. The van der Waals surface area contributed by atoms with Crippen molar-refractivity contribution in [2.75, 3.05) is 36.8 Å². The van der Waals surface area contributed by atoms with E-state index in [0.29, 0.717) is 24.3 Å². The number of benzene rings is 2. The van der Waals surface area contributed by atoms with Crippen LogP contribution in [-0.2, 0) is 11.0 Å². The highest BCUT2D eigenvalue weighted by molar-refractivity contribution is 6.12. The van der Waals surface area contributed by atoms with Crippen molar-refractivity contribution in [3.05, 3.63) is 53.3 Å². The van der Waals surface area contributed by atoms with Crippen molar-refractivity contribution in [2.45, 2.75) is 31.4 Å². The van der Waals surface area contributed by atoms with Gasteiger partial charge in [-0.2, -0.15) is 13.2 Å². The Morgan fingerprint density at radius 3 is 2.66 bits per heavy atom. The number of carbonyl (C=O) groups is 1. The van der Waals surface area contributed by atoms with Gasteiger partial charge in [0.1, 0.15) is 11.7 Å². The van der Waals surface area contributed by atoms with Crippen molar-refractivity contribution < 1.29 is 22.4 Å². The van der Waals surface area contributed by atoms with Crippen LogP contribution in [0.25, 0.3) is 0 Å². The topological polar surface area (TPSA) is 56.7 Å². The van der Waals surface area contributed by atoms with Crippen LogP contribution in [0, 0.1) is 5.82 Å². The van der Waals surface area contributed by atoms with Crippen LogP contribution in [0.5, 0.6) is 0 Å². The number of anilines is 2. The Hall–Kier alpha value is -2.94. The lowest BCUT2D eigenvalue weighted by atomic mass is 10.0. The molecule has 2 aliphatic heterocycles. The van der Waals surface area contributed by atoms with Gasteiger partial charge in [-0.15, -0.1) is 0 Å². The number of amides is 1. The van der Waals surface area contributed by atoms with E-state index < -0.39 is 29.4 Å². The Morgan fingerprint density at radius 2 is 1.91 bits per heavy atom. The minimum Gasteiger partial charge on any atom is -0.383 e. The number of aliphatic imine (C=N–C) groups is 1. The SMILES string of the molecule is O=C1Nc2cc(F)ccc2C1C=Nc1ccc(NCCN2CCCCC2)c(C(F)(F)F)c1. The first-order valence-electron chi connectivity index (χ1n) is 10.6. The van der Waals surface area contributed by atoms with Crippen molar-refractivity contribution in [1.29, 1.82) is 0 Å². The number of rotatable bonds is 6. The van der Waals surface area contributed by atoms with E-state index in [1.165, 1.54) is 43.0 Å². The van der Waals surface area contributed by atoms with Gasteiger partial charge in [-0.05, 0) is 61.8 Å². The monoisotopic (exact) mass is 448 g/mol. The van der Waals surface area contributed by atoms with Gasteiger partial charge in [0, 0.05) is 30.7 Å². The van der Waals surface area contributed by atoms with E-state index in [0.717, 1.165) is 32.0 Å². The molecular weight excluding hydrogens is 424 g/mol. The number of hydrogen-bond acceptors (Lipinski definition) is 4. The molecule has 170 valence electrons. The molecule has 2 aromatic carbocycles. The van der Waals surface area contributed by atoms with E-state index >= 15 is 0 Å². The molecule has 2 heterocycles. The quantitative estimate of drug-likeness (QED) is 0.473. The van der Waals surface area contributed by atoms with Gasteiger partial charge in [-0.25, -0.2) is 4.39 Å². The lowest BCUT2D eigenvalue weighted by Gasteiger charge is -2.26. The zero-order valence-corrected chi connectivity index (χ0v) is 17.4. The minimum absolute atomic E-state index is 0.00731. The van der Waals surface area contributed by atoms with Crippen LogP contribution in [0.4, 0.5) is 34.6 Å². The van der Waals surface area contributed by atoms with E-state index in [1.807, 2.05) is 0 Å². The molecule has 0 aliphatic carbocycles. The molecule has 0 radical (unpaired) electrons. The summed E-state index contributed by atoms with van der Waals surface area (Å²) in [6.07, 6.45) is 0.193. The minimum atomic E-state index is -4.55. The van der Waals surface area contributed by atoms with Crippen molar-refractivity contribution in [3.8, 4) is 0 Å². The van der Waals surface area contributed by atoms with Crippen molar-refractivity contribution >= 4 is 29.2 Å². The van der Waals surface area contributed by atoms with Crippen molar-refractivity contribution in [2.24, 2.45) is 4.99 Å². The Morgan fingerprint density at radius 1 is 1.12 bits per heavy atom. The van der Waals surface area contributed by atoms with Crippen LogP contribution < -0.4 is 10.6 Å². The standard InChI is InChI=1S/C23H24F4N4O/c24-15-4-6-17-18(22(32)30-21(17)12-15)14-29-16-5-7-20(19(13-16)23(25,26)27)28-8-11-31-9-2-1-3-10-31/h4-7,12-14,18,28H,1-3,8-11H2,(H,30,32). The van der Waals surface area contributed by atoms with Crippen LogP contribution in [0.15, 0.2) is 41.4 Å². The highest BCUT2D eigenvalue weighted by Crippen LogP contribution is 2.38. The molecular formula is C23H24F4N4O. The summed E-state index contributed by atoms with van der Waals surface area (Å²) in [5, 5.41) is 5.46. The number of nitrogens with one attached hydrogen (secondary N) is 2. The molecule has 32 heavy (non-hydrogen) atoms. The first-order valence-corrected chi connectivity index (χ1v) is 10.6. The molecule has 5 nitrogen and oxygen atoms in total. The summed E-state index contributed by atoms with van der Waals surface area (Å²) in [4.78, 5) is 18.5. The number of alkyl halides is 3. The van der Waals surface area contributed by atoms with Crippen molar-refractivity contribution in [1.82, 2.24) is 4.90 Å². The largest absolute Gasteiger partial charge is 0.418 e. The lowest BCUT2D eigenvalue weighted by Crippen LogP contribution is -2.33. The second kappa shape index (κ2) is 9.28. The second-order valence-electron chi connectivity index (χ2n) is 8.03. The van der Waals surface area contributed by atoms with Gasteiger partial charge in [0.05, 0.1) is 11.3 Å². The summed E-state index contributed by atoms with van der Waals surface area (Å²) in [7, 11) is 0. The van der Waals surface area contributed by atoms with Gasteiger partial charge in [0.15, 0.2) is 0 Å². The maximum absolute atomic E-state index is 13.6. The highest BCUT2D eigenvalue weighted by atomic mass is 19.4. The average molecular weight is 448 g/mol. The molecule has 1 saturated heterocycles. The fourth-order valence-electron chi connectivity index (χ4n) is 4.10. The smallest absolute Gasteiger partial charge is 0.383 e. The number of carbonyl (C=O) groups excluding carboxylic acids is 1.